The molecule has 37 heavy (non-hydrogen) atoms. The molecule has 2 aromatic heterocycles. The van der Waals surface area contributed by atoms with E-state index < -0.39 is 39.1 Å². The first kappa shape index (κ1) is 26.0. The lowest BCUT2D eigenvalue weighted by atomic mass is 9.96. The van der Waals surface area contributed by atoms with Crippen LogP contribution < -0.4 is 10.9 Å². The van der Waals surface area contributed by atoms with E-state index in [0.29, 0.717) is 22.4 Å². The van der Waals surface area contributed by atoms with Gasteiger partial charge in [0.25, 0.3) is 11.5 Å². The van der Waals surface area contributed by atoms with Gasteiger partial charge in [0.05, 0.1) is 29.0 Å². The van der Waals surface area contributed by atoms with Crippen LogP contribution in [0.2, 0.25) is 0 Å². The molecule has 7 nitrogen and oxygen atoms in total. The number of hydrogen-bond acceptors (Lipinski definition) is 5. The molecule has 0 fully saturated rings. The van der Waals surface area contributed by atoms with Crippen molar-refractivity contribution >= 4 is 15.7 Å². The fourth-order valence-electron chi connectivity index (χ4n) is 3.88. The summed E-state index contributed by atoms with van der Waals surface area (Å²) < 4.78 is 69.0. The molecule has 1 unspecified atom stereocenters. The molecule has 0 aliphatic heterocycles. The van der Waals surface area contributed by atoms with Gasteiger partial charge < -0.3 is 14.7 Å². The quantitative estimate of drug-likeness (QED) is 0.369. The fraction of sp³-hybridized carbons (Fsp3) is 0.154. The minimum absolute atomic E-state index is 0.00472. The van der Waals surface area contributed by atoms with Gasteiger partial charge in [-0.05, 0) is 54.4 Å². The van der Waals surface area contributed by atoms with E-state index in [1.165, 1.54) is 55.0 Å². The second kappa shape index (κ2) is 9.74. The van der Waals surface area contributed by atoms with E-state index in [0.717, 1.165) is 18.4 Å². The van der Waals surface area contributed by atoms with Gasteiger partial charge in [-0.3, -0.25) is 9.59 Å². The highest BCUT2D eigenvalue weighted by molar-refractivity contribution is 7.90. The maximum atomic E-state index is 13.4. The topological polar surface area (TPSA) is 109 Å². The molecule has 2 heterocycles. The molecule has 2 aromatic carbocycles. The Bertz CT molecular complexity index is 1610. The van der Waals surface area contributed by atoms with Gasteiger partial charge in [0.1, 0.15) is 5.56 Å². The Morgan fingerprint density at radius 3 is 2.32 bits per heavy atom. The summed E-state index contributed by atoms with van der Waals surface area (Å²) in [6.07, 6.45) is -0.728. The van der Waals surface area contributed by atoms with Gasteiger partial charge in [0, 0.05) is 23.1 Å². The van der Waals surface area contributed by atoms with Crippen LogP contribution in [0, 0.1) is 6.92 Å². The van der Waals surface area contributed by atoms with Crippen molar-refractivity contribution in [3.63, 3.8) is 0 Å². The van der Waals surface area contributed by atoms with Crippen LogP contribution in [-0.2, 0) is 16.0 Å². The van der Waals surface area contributed by atoms with Crippen molar-refractivity contribution in [2.75, 3.05) is 6.26 Å². The van der Waals surface area contributed by atoms with Crippen LogP contribution in [0.15, 0.2) is 87.3 Å². The number of pyridine rings is 1. The van der Waals surface area contributed by atoms with Crippen molar-refractivity contribution in [1.82, 2.24) is 10.3 Å². The van der Waals surface area contributed by atoms with Crippen LogP contribution in [0.4, 0.5) is 13.2 Å². The third-order valence-electron chi connectivity index (χ3n) is 5.78. The predicted octanol–water partition coefficient (Wildman–Crippen LogP) is 4.89. The zero-order chi connectivity index (χ0) is 27.0. The molecular weight excluding hydrogens is 509 g/mol. The number of aromatic amines is 1. The number of nitrogens with one attached hydrogen (secondary N) is 2. The van der Waals surface area contributed by atoms with Crippen LogP contribution in [-0.4, -0.2) is 25.6 Å². The van der Waals surface area contributed by atoms with E-state index in [2.05, 4.69) is 10.3 Å². The molecule has 0 bridgehead atoms. The molecule has 0 saturated heterocycles. The Kier molecular flexibility index (Phi) is 6.83. The summed E-state index contributed by atoms with van der Waals surface area (Å²) in [4.78, 5) is 28.5. The van der Waals surface area contributed by atoms with Gasteiger partial charge in [0.2, 0.25) is 0 Å². The highest BCUT2D eigenvalue weighted by atomic mass is 32.2. The van der Waals surface area contributed by atoms with E-state index in [4.69, 9.17) is 4.42 Å². The maximum Gasteiger partial charge on any atom is 0.416 e. The van der Waals surface area contributed by atoms with Gasteiger partial charge in [-0.25, -0.2) is 8.42 Å². The Labute approximate surface area is 209 Å². The number of halogens is 3. The minimum Gasteiger partial charge on any atom is -0.472 e. The molecule has 192 valence electrons. The lowest BCUT2D eigenvalue weighted by Gasteiger charge is -2.21. The largest absolute Gasteiger partial charge is 0.472 e. The molecule has 4 rings (SSSR count). The summed E-state index contributed by atoms with van der Waals surface area (Å²) in [7, 11) is -3.53. The molecule has 0 saturated carbocycles. The Morgan fingerprint density at radius 2 is 1.73 bits per heavy atom. The van der Waals surface area contributed by atoms with Crippen LogP contribution in [0.1, 0.15) is 38.8 Å². The molecule has 0 spiro atoms. The molecule has 1 atom stereocenters. The van der Waals surface area contributed by atoms with Crippen LogP contribution >= 0.6 is 0 Å². The van der Waals surface area contributed by atoms with E-state index in [1.807, 2.05) is 0 Å². The van der Waals surface area contributed by atoms with Gasteiger partial charge >= 0.3 is 6.18 Å². The fourth-order valence-corrected chi connectivity index (χ4v) is 4.51. The highest BCUT2D eigenvalue weighted by Crippen LogP contribution is 2.33. The molecule has 1 amide bonds. The van der Waals surface area contributed by atoms with E-state index in [9.17, 15) is 31.2 Å². The maximum absolute atomic E-state index is 13.4. The molecular formula is C26H21F3N2O5S. The molecule has 0 aliphatic rings. The summed E-state index contributed by atoms with van der Waals surface area (Å²) in [6, 6.07) is 11.7. The number of aryl methyl sites for hydroxylation is 1. The van der Waals surface area contributed by atoms with Crippen molar-refractivity contribution < 1.29 is 30.8 Å². The number of amides is 1. The molecule has 4 aromatic rings. The Balaban J connectivity index is 1.78. The molecule has 0 radical (unpaired) electrons. The number of carbonyl (C=O) groups is 1. The lowest BCUT2D eigenvalue weighted by Crippen LogP contribution is -2.33. The van der Waals surface area contributed by atoms with Crippen molar-refractivity contribution in [2.45, 2.75) is 24.0 Å². The van der Waals surface area contributed by atoms with Gasteiger partial charge in [0.15, 0.2) is 9.84 Å². The number of sulfone groups is 1. The third-order valence-corrected chi connectivity index (χ3v) is 6.91. The van der Waals surface area contributed by atoms with Crippen LogP contribution in [0.5, 0.6) is 0 Å². The SMILES string of the molecule is Cc1[nH]c(=O)c(C(=O)NC(c2ccc(S(C)(=O)=O)cc2)c2cccc(C(F)(F)F)c2)cc1-c1ccoc1. The first-order chi connectivity index (χ1) is 17.3. The average Bonchev–Trinajstić information content (AvgIpc) is 3.36. The van der Waals surface area contributed by atoms with Crippen molar-refractivity contribution in [3.05, 3.63) is 111 Å². The summed E-state index contributed by atoms with van der Waals surface area (Å²) in [6.45, 7) is 1.65. The zero-order valence-electron chi connectivity index (χ0n) is 19.6. The Hall–Kier alpha value is -4.12. The molecule has 11 heteroatoms. The highest BCUT2D eigenvalue weighted by Gasteiger charge is 2.31. The minimum atomic E-state index is -4.63. The average molecular weight is 531 g/mol. The number of furan rings is 1. The number of benzene rings is 2. The predicted molar refractivity (Wildman–Crippen MR) is 130 cm³/mol. The normalized spacial score (nSPS) is 12.8. The van der Waals surface area contributed by atoms with Gasteiger partial charge in [-0.15, -0.1) is 0 Å². The smallest absolute Gasteiger partial charge is 0.416 e. The first-order valence-electron chi connectivity index (χ1n) is 10.9. The van der Waals surface area contributed by atoms with Crippen LogP contribution in [0.25, 0.3) is 11.1 Å². The van der Waals surface area contributed by atoms with Crippen LogP contribution in [0.3, 0.4) is 0 Å². The van der Waals surface area contributed by atoms with E-state index in [1.54, 1.807) is 13.0 Å². The first-order valence-corrected chi connectivity index (χ1v) is 12.8. The number of hydrogen-bond donors (Lipinski definition) is 2. The number of carbonyl (C=O) groups excluding carboxylic acids is 1. The second-order valence-corrected chi connectivity index (χ2v) is 10.4. The lowest BCUT2D eigenvalue weighted by molar-refractivity contribution is -0.137. The summed E-state index contributed by atoms with van der Waals surface area (Å²) in [5.74, 6) is -0.833. The summed E-state index contributed by atoms with van der Waals surface area (Å²) >= 11 is 0. The second-order valence-electron chi connectivity index (χ2n) is 8.43. The van der Waals surface area contributed by atoms with Crippen molar-refractivity contribution in [2.24, 2.45) is 0 Å². The number of rotatable bonds is 6. The van der Waals surface area contributed by atoms with E-state index in [-0.39, 0.29) is 16.0 Å². The Morgan fingerprint density at radius 1 is 1.03 bits per heavy atom. The zero-order valence-corrected chi connectivity index (χ0v) is 20.4. The number of alkyl halides is 3. The molecule has 0 aliphatic carbocycles. The number of H-pyrrole nitrogens is 1. The van der Waals surface area contributed by atoms with Gasteiger partial charge in [-0.2, -0.15) is 13.2 Å². The monoisotopic (exact) mass is 530 g/mol. The van der Waals surface area contributed by atoms with E-state index >= 15 is 0 Å². The summed E-state index contributed by atoms with van der Waals surface area (Å²) in [5.41, 5.74) is 0.193. The molecule has 2 N–H and O–H groups in total. The van der Waals surface area contributed by atoms with Crippen molar-refractivity contribution in [1.29, 1.82) is 0 Å². The van der Waals surface area contributed by atoms with Crippen molar-refractivity contribution in [3.8, 4) is 11.1 Å². The standard InChI is InChI=1S/C26H21F3N2O5S/c1-15-21(18-10-11-36-14-18)13-22(24(32)30-15)25(33)31-23(16-6-8-20(9-7-16)37(2,34)35)17-4-3-5-19(12-17)26(27,28)29/h3-14,23H,1-2H3,(H,30,32)(H,31,33). The third kappa shape index (κ3) is 5.67. The number of aromatic nitrogens is 1. The summed E-state index contributed by atoms with van der Waals surface area (Å²) in [5, 5.41) is 2.64. The van der Waals surface area contributed by atoms with Gasteiger partial charge in [-0.1, -0.05) is 24.3 Å².